The molecule has 3 atom stereocenters. The molecule has 0 heterocycles. The summed E-state index contributed by atoms with van der Waals surface area (Å²) < 4.78 is 5.41. The van der Waals surface area contributed by atoms with Gasteiger partial charge in [-0.05, 0) is 38.5 Å². The van der Waals surface area contributed by atoms with E-state index in [1.807, 2.05) is 6.92 Å². The van der Waals surface area contributed by atoms with Crippen molar-refractivity contribution in [2.45, 2.75) is 59.0 Å². The molecule has 3 unspecified atom stereocenters. The zero-order chi connectivity index (χ0) is 12.1. The maximum absolute atomic E-state index is 11.4. The maximum atomic E-state index is 11.4. The highest BCUT2D eigenvalue weighted by Gasteiger charge is 2.27. The Hall–Kier alpha value is -0.790. The summed E-state index contributed by atoms with van der Waals surface area (Å²) in [6.07, 6.45) is 6.31. The van der Waals surface area contributed by atoms with Crippen LogP contribution >= 0.6 is 0 Å². The molecule has 0 aromatic carbocycles. The molecule has 1 aliphatic carbocycles. The fourth-order valence-electron chi connectivity index (χ4n) is 2.50. The number of esters is 1. The first-order valence-corrected chi connectivity index (χ1v) is 6.41. The third-order valence-corrected chi connectivity index (χ3v) is 3.71. The number of ether oxygens (including phenoxy) is 1. The Morgan fingerprint density at radius 1 is 1.50 bits per heavy atom. The zero-order valence-electron chi connectivity index (χ0n) is 10.8. The first-order valence-electron chi connectivity index (χ1n) is 6.41. The van der Waals surface area contributed by atoms with E-state index in [4.69, 9.17) is 4.74 Å². The number of hydrogen-bond acceptors (Lipinski definition) is 2. The van der Waals surface area contributed by atoms with Gasteiger partial charge in [0.25, 0.3) is 0 Å². The molecule has 0 aromatic rings. The molecular weight excluding hydrogens is 200 g/mol. The summed E-state index contributed by atoms with van der Waals surface area (Å²) in [5.41, 5.74) is 0.495. The topological polar surface area (TPSA) is 26.3 Å². The van der Waals surface area contributed by atoms with Crippen molar-refractivity contribution in [3.63, 3.8) is 0 Å². The van der Waals surface area contributed by atoms with Crippen LogP contribution in [0.3, 0.4) is 0 Å². The van der Waals surface area contributed by atoms with E-state index in [0.717, 1.165) is 5.92 Å². The highest BCUT2D eigenvalue weighted by atomic mass is 16.5. The summed E-state index contributed by atoms with van der Waals surface area (Å²) in [4.78, 5) is 11.4. The van der Waals surface area contributed by atoms with Gasteiger partial charge < -0.3 is 4.74 Å². The lowest BCUT2D eigenvalue weighted by molar-refractivity contribution is -0.146. The van der Waals surface area contributed by atoms with Crippen molar-refractivity contribution in [3.05, 3.63) is 12.2 Å². The molecule has 0 aromatic heterocycles. The summed E-state index contributed by atoms with van der Waals surface area (Å²) in [5, 5.41) is 0. The molecule has 16 heavy (non-hydrogen) atoms. The SMILES string of the molecule is C=C(C)C(=O)OC(C)C1CCCC(CC)C1. The van der Waals surface area contributed by atoms with Crippen molar-refractivity contribution in [2.75, 3.05) is 0 Å². The van der Waals surface area contributed by atoms with Gasteiger partial charge in [-0.15, -0.1) is 0 Å². The van der Waals surface area contributed by atoms with Crippen LogP contribution in [-0.4, -0.2) is 12.1 Å². The highest BCUT2D eigenvalue weighted by molar-refractivity contribution is 5.87. The van der Waals surface area contributed by atoms with Crippen LogP contribution in [0.5, 0.6) is 0 Å². The predicted octanol–water partition coefficient (Wildman–Crippen LogP) is 3.71. The summed E-state index contributed by atoms with van der Waals surface area (Å²) in [5.74, 6) is 1.12. The average Bonchev–Trinajstić information content (AvgIpc) is 2.28. The van der Waals surface area contributed by atoms with E-state index < -0.39 is 0 Å². The number of carbonyl (C=O) groups excluding carboxylic acids is 1. The van der Waals surface area contributed by atoms with Crippen LogP contribution in [0, 0.1) is 11.8 Å². The second-order valence-electron chi connectivity index (χ2n) is 5.09. The first-order chi connectivity index (χ1) is 7.54. The van der Waals surface area contributed by atoms with E-state index in [1.54, 1.807) is 6.92 Å². The molecule has 2 nitrogen and oxygen atoms in total. The Morgan fingerprint density at radius 2 is 2.19 bits per heavy atom. The molecule has 0 radical (unpaired) electrons. The van der Waals surface area contributed by atoms with Gasteiger partial charge in [0.1, 0.15) is 6.10 Å². The summed E-state index contributed by atoms with van der Waals surface area (Å²) >= 11 is 0. The number of hydrogen-bond donors (Lipinski definition) is 0. The second kappa shape index (κ2) is 6.07. The Morgan fingerprint density at radius 3 is 2.75 bits per heavy atom. The van der Waals surface area contributed by atoms with Crippen molar-refractivity contribution >= 4 is 5.97 Å². The van der Waals surface area contributed by atoms with Crippen LogP contribution in [0.2, 0.25) is 0 Å². The Balaban J connectivity index is 2.44. The van der Waals surface area contributed by atoms with E-state index in [0.29, 0.717) is 11.5 Å². The lowest BCUT2D eigenvalue weighted by Crippen LogP contribution is -2.28. The molecule has 0 saturated heterocycles. The fraction of sp³-hybridized carbons (Fsp3) is 0.786. The minimum atomic E-state index is -0.244. The van der Waals surface area contributed by atoms with E-state index in [9.17, 15) is 4.79 Å². The van der Waals surface area contributed by atoms with Crippen molar-refractivity contribution in [1.29, 1.82) is 0 Å². The van der Waals surface area contributed by atoms with Gasteiger partial charge in [0.05, 0.1) is 0 Å². The van der Waals surface area contributed by atoms with Gasteiger partial charge in [0.15, 0.2) is 0 Å². The first kappa shape index (κ1) is 13.3. The maximum Gasteiger partial charge on any atom is 0.333 e. The zero-order valence-corrected chi connectivity index (χ0v) is 10.8. The smallest absolute Gasteiger partial charge is 0.333 e. The van der Waals surface area contributed by atoms with Gasteiger partial charge in [0, 0.05) is 5.57 Å². The van der Waals surface area contributed by atoms with Gasteiger partial charge in [-0.2, -0.15) is 0 Å². The highest BCUT2D eigenvalue weighted by Crippen LogP contribution is 2.33. The van der Waals surface area contributed by atoms with Gasteiger partial charge in [-0.3, -0.25) is 0 Å². The van der Waals surface area contributed by atoms with E-state index >= 15 is 0 Å². The molecule has 0 N–H and O–H groups in total. The predicted molar refractivity (Wildman–Crippen MR) is 66.1 cm³/mol. The van der Waals surface area contributed by atoms with Gasteiger partial charge >= 0.3 is 5.97 Å². The van der Waals surface area contributed by atoms with Crippen molar-refractivity contribution in [2.24, 2.45) is 11.8 Å². The van der Waals surface area contributed by atoms with Gasteiger partial charge in [0.2, 0.25) is 0 Å². The Kier molecular flexibility index (Phi) is 5.04. The molecule has 1 rings (SSSR count). The normalized spacial score (nSPS) is 27.2. The van der Waals surface area contributed by atoms with Crippen molar-refractivity contribution in [3.8, 4) is 0 Å². The van der Waals surface area contributed by atoms with Crippen LogP contribution in [0.4, 0.5) is 0 Å². The Bertz CT molecular complexity index is 257. The standard InChI is InChI=1S/C14H24O2/c1-5-12-7-6-8-13(9-12)11(4)16-14(15)10(2)3/h11-13H,2,5-9H2,1,3-4H3. The quantitative estimate of drug-likeness (QED) is 0.537. The summed E-state index contributed by atoms with van der Waals surface area (Å²) in [6.45, 7) is 9.57. The molecule has 0 bridgehead atoms. The Labute approximate surface area is 99.1 Å². The molecular formula is C14H24O2. The van der Waals surface area contributed by atoms with Crippen molar-refractivity contribution < 1.29 is 9.53 Å². The minimum Gasteiger partial charge on any atom is -0.459 e. The van der Waals surface area contributed by atoms with Crippen LogP contribution in [-0.2, 0) is 9.53 Å². The van der Waals surface area contributed by atoms with E-state index in [1.165, 1.54) is 32.1 Å². The van der Waals surface area contributed by atoms with E-state index in [-0.39, 0.29) is 12.1 Å². The molecule has 92 valence electrons. The van der Waals surface area contributed by atoms with E-state index in [2.05, 4.69) is 13.5 Å². The van der Waals surface area contributed by atoms with Crippen LogP contribution in [0.25, 0.3) is 0 Å². The fourth-order valence-corrected chi connectivity index (χ4v) is 2.50. The number of rotatable bonds is 4. The molecule has 1 fully saturated rings. The molecule has 2 heteroatoms. The van der Waals surface area contributed by atoms with Gasteiger partial charge in [-0.25, -0.2) is 4.79 Å². The molecule has 0 aliphatic heterocycles. The third-order valence-electron chi connectivity index (χ3n) is 3.71. The van der Waals surface area contributed by atoms with Gasteiger partial charge in [-0.1, -0.05) is 32.8 Å². The average molecular weight is 224 g/mol. The minimum absolute atomic E-state index is 0.0403. The van der Waals surface area contributed by atoms with Crippen molar-refractivity contribution in [1.82, 2.24) is 0 Å². The molecule has 0 spiro atoms. The van der Waals surface area contributed by atoms with Crippen LogP contribution < -0.4 is 0 Å². The monoisotopic (exact) mass is 224 g/mol. The lowest BCUT2D eigenvalue weighted by Gasteiger charge is -2.32. The van der Waals surface area contributed by atoms with Crippen LogP contribution in [0.1, 0.15) is 52.9 Å². The number of carbonyl (C=O) groups is 1. The third kappa shape index (κ3) is 3.66. The second-order valence-corrected chi connectivity index (χ2v) is 5.09. The molecule has 0 amide bonds. The molecule has 1 aliphatic rings. The molecule has 1 saturated carbocycles. The summed E-state index contributed by atoms with van der Waals surface area (Å²) in [7, 11) is 0. The largest absolute Gasteiger partial charge is 0.459 e. The summed E-state index contributed by atoms with van der Waals surface area (Å²) in [6, 6.07) is 0. The lowest BCUT2D eigenvalue weighted by atomic mass is 9.78. The van der Waals surface area contributed by atoms with Crippen LogP contribution in [0.15, 0.2) is 12.2 Å².